The molecule has 0 aliphatic heterocycles. The van der Waals surface area contributed by atoms with E-state index in [1.807, 2.05) is 0 Å². The smallest absolute Gasteiger partial charge is 0.389 e. The standard InChI is InChI=1S/C7H11F3N2O4/c8-7(9,10)2-1-3-11-6(15)12-16-4-5(13)14/h1-4H2,(H,13,14)(H2,11,12,15). The van der Waals surface area contributed by atoms with Crippen LogP contribution < -0.4 is 10.8 Å². The molecular formula is C7H11F3N2O4. The number of aliphatic carboxylic acids is 1. The normalized spacial score (nSPS) is 10.9. The number of carboxylic acid groups (broad SMARTS) is 1. The number of hydrogen-bond acceptors (Lipinski definition) is 3. The van der Waals surface area contributed by atoms with Crippen molar-refractivity contribution in [3.8, 4) is 0 Å². The summed E-state index contributed by atoms with van der Waals surface area (Å²) in [7, 11) is 0. The van der Waals surface area contributed by atoms with Crippen molar-refractivity contribution in [2.75, 3.05) is 13.2 Å². The zero-order valence-electron chi connectivity index (χ0n) is 8.13. The highest BCUT2D eigenvalue weighted by Crippen LogP contribution is 2.20. The molecule has 9 heteroatoms. The van der Waals surface area contributed by atoms with Gasteiger partial charge >= 0.3 is 18.2 Å². The molecule has 0 fully saturated rings. The van der Waals surface area contributed by atoms with Crippen LogP contribution in [-0.2, 0) is 9.63 Å². The summed E-state index contributed by atoms with van der Waals surface area (Å²) < 4.78 is 35.0. The molecular weight excluding hydrogens is 233 g/mol. The van der Waals surface area contributed by atoms with Gasteiger partial charge < -0.3 is 10.4 Å². The zero-order valence-corrected chi connectivity index (χ0v) is 8.13. The van der Waals surface area contributed by atoms with Gasteiger partial charge in [0, 0.05) is 13.0 Å². The highest BCUT2D eigenvalue weighted by molar-refractivity contribution is 5.73. The first-order valence-electron chi connectivity index (χ1n) is 4.25. The van der Waals surface area contributed by atoms with Gasteiger partial charge in [-0.15, -0.1) is 0 Å². The monoisotopic (exact) mass is 244 g/mol. The molecule has 0 heterocycles. The van der Waals surface area contributed by atoms with Crippen LogP contribution in [0.5, 0.6) is 0 Å². The number of hydrogen-bond donors (Lipinski definition) is 3. The number of carbonyl (C=O) groups excluding carboxylic acids is 1. The van der Waals surface area contributed by atoms with Crippen LogP contribution >= 0.6 is 0 Å². The van der Waals surface area contributed by atoms with Crippen LogP contribution in [0.3, 0.4) is 0 Å². The highest BCUT2D eigenvalue weighted by Gasteiger charge is 2.25. The van der Waals surface area contributed by atoms with Gasteiger partial charge in [0.25, 0.3) is 0 Å². The van der Waals surface area contributed by atoms with Crippen molar-refractivity contribution in [2.24, 2.45) is 0 Å². The first kappa shape index (κ1) is 14.5. The predicted molar refractivity (Wildman–Crippen MR) is 45.4 cm³/mol. The van der Waals surface area contributed by atoms with E-state index in [9.17, 15) is 22.8 Å². The second-order valence-electron chi connectivity index (χ2n) is 2.76. The van der Waals surface area contributed by atoms with Crippen LogP contribution in [0, 0.1) is 0 Å². The van der Waals surface area contributed by atoms with Gasteiger partial charge in [0.1, 0.15) is 0 Å². The Morgan fingerprint density at radius 2 is 1.94 bits per heavy atom. The fraction of sp³-hybridized carbons (Fsp3) is 0.714. The van der Waals surface area contributed by atoms with Crippen LogP contribution in [-0.4, -0.2) is 36.4 Å². The molecule has 0 atom stereocenters. The van der Waals surface area contributed by atoms with Crippen molar-refractivity contribution in [1.82, 2.24) is 10.8 Å². The minimum atomic E-state index is -4.25. The molecule has 0 bridgehead atoms. The van der Waals surface area contributed by atoms with Crippen molar-refractivity contribution in [3.05, 3.63) is 0 Å². The van der Waals surface area contributed by atoms with Crippen molar-refractivity contribution in [3.63, 3.8) is 0 Å². The first-order valence-corrected chi connectivity index (χ1v) is 4.25. The third-order valence-electron chi connectivity index (χ3n) is 1.28. The average molecular weight is 244 g/mol. The Labute approximate surface area is 88.7 Å². The molecule has 0 aromatic rings. The summed E-state index contributed by atoms with van der Waals surface area (Å²) in [5.41, 5.74) is 1.70. The predicted octanol–water partition coefficient (Wildman–Crippen LogP) is 0.644. The number of amides is 2. The Balaban J connectivity index is 3.41. The third kappa shape index (κ3) is 10.6. The molecule has 2 amide bonds. The van der Waals surface area contributed by atoms with Gasteiger partial charge in [-0.1, -0.05) is 0 Å². The molecule has 0 radical (unpaired) electrons. The quantitative estimate of drug-likeness (QED) is 0.472. The second kappa shape index (κ2) is 6.88. The summed E-state index contributed by atoms with van der Waals surface area (Å²) in [5.74, 6) is -1.28. The summed E-state index contributed by atoms with van der Waals surface area (Å²) in [6.07, 6.45) is -5.50. The topological polar surface area (TPSA) is 87.7 Å². The molecule has 0 aliphatic carbocycles. The van der Waals surface area contributed by atoms with Crippen molar-refractivity contribution in [2.45, 2.75) is 19.0 Å². The molecule has 0 unspecified atom stereocenters. The molecule has 6 nitrogen and oxygen atoms in total. The van der Waals surface area contributed by atoms with Gasteiger partial charge in [0.2, 0.25) is 0 Å². The number of rotatable bonds is 6. The van der Waals surface area contributed by atoms with E-state index in [1.54, 1.807) is 5.48 Å². The molecule has 0 aromatic carbocycles. The molecule has 0 aliphatic rings. The Morgan fingerprint density at radius 3 is 2.44 bits per heavy atom. The van der Waals surface area contributed by atoms with E-state index in [2.05, 4.69) is 10.2 Å². The maximum atomic E-state index is 11.7. The molecule has 0 aromatic heterocycles. The number of carbonyl (C=O) groups is 2. The van der Waals surface area contributed by atoms with E-state index >= 15 is 0 Å². The zero-order chi connectivity index (χ0) is 12.6. The molecule has 0 rings (SSSR count). The first-order chi connectivity index (χ1) is 7.31. The summed E-state index contributed by atoms with van der Waals surface area (Å²) in [6.45, 7) is -0.905. The Bertz CT molecular complexity index is 244. The van der Waals surface area contributed by atoms with Crippen molar-refractivity contribution in [1.29, 1.82) is 0 Å². The van der Waals surface area contributed by atoms with Crippen LogP contribution in [0.4, 0.5) is 18.0 Å². The molecule has 16 heavy (non-hydrogen) atoms. The maximum absolute atomic E-state index is 11.7. The number of alkyl halides is 3. The van der Waals surface area contributed by atoms with Crippen LogP contribution in [0.2, 0.25) is 0 Å². The maximum Gasteiger partial charge on any atom is 0.389 e. The lowest BCUT2D eigenvalue weighted by atomic mass is 10.3. The fourth-order valence-electron chi connectivity index (χ4n) is 0.690. The number of carboxylic acids is 1. The van der Waals surface area contributed by atoms with Crippen molar-refractivity contribution < 1.29 is 32.7 Å². The van der Waals surface area contributed by atoms with Gasteiger partial charge in [-0.2, -0.15) is 13.2 Å². The molecule has 0 saturated carbocycles. The average Bonchev–Trinajstić information content (AvgIpc) is 2.10. The number of hydroxylamine groups is 1. The summed E-state index contributed by atoms with van der Waals surface area (Å²) in [6, 6.07) is -0.886. The minimum Gasteiger partial charge on any atom is -0.479 e. The van der Waals surface area contributed by atoms with Crippen LogP contribution in [0.1, 0.15) is 12.8 Å². The van der Waals surface area contributed by atoms with E-state index in [1.165, 1.54) is 0 Å². The van der Waals surface area contributed by atoms with E-state index in [0.717, 1.165) is 0 Å². The van der Waals surface area contributed by atoms with Crippen molar-refractivity contribution >= 4 is 12.0 Å². The highest BCUT2D eigenvalue weighted by atomic mass is 19.4. The second-order valence-corrected chi connectivity index (χ2v) is 2.76. The number of halogens is 3. The lowest BCUT2D eigenvalue weighted by Crippen LogP contribution is -2.37. The van der Waals surface area contributed by atoms with Gasteiger partial charge in [-0.25, -0.2) is 15.1 Å². The van der Waals surface area contributed by atoms with Crippen LogP contribution in [0.15, 0.2) is 0 Å². The third-order valence-corrected chi connectivity index (χ3v) is 1.28. The van der Waals surface area contributed by atoms with Gasteiger partial charge in [-0.05, 0) is 6.42 Å². The van der Waals surface area contributed by atoms with E-state index < -0.39 is 31.2 Å². The lowest BCUT2D eigenvalue weighted by molar-refractivity contribution is -0.144. The van der Waals surface area contributed by atoms with E-state index in [0.29, 0.717) is 0 Å². The number of nitrogens with one attached hydrogen (secondary N) is 2. The largest absolute Gasteiger partial charge is 0.479 e. The van der Waals surface area contributed by atoms with Gasteiger partial charge in [0.05, 0.1) is 0 Å². The fourth-order valence-corrected chi connectivity index (χ4v) is 0.690. The van der Waals surface area contributed by atoms with E-state index in [-0.39, 0.29) is 13.0 Å². The Hall–Kier alpha value is -1.51. The minimum absolute atomic E-state index is 0.179. The summed E-state index contributed by atoms with van der Waals surface area (Å²) >= 11 is 0. The SMILES string of the molecule is O=C(O)CONC(=O)NCCCC(F)(F)F. The number of urea groups is 1. The molecule has 0 spiro atoms. The Morgan fingerprint density at radius 1 is 1.31 bits per heavy atom. The van der Waals surface area contributed by atoms with E-state index in [4.69, 9.17) is 5.11 Å². The van der Waals surface area contributed by atoms with Gasteiger partial charge in [-0.3, -0.25) is 4.84 Å². The lowest BCUT2D eigenvalue weighted by Gasteiger charge is -2.08. The summed E-state index contributed by atoms with van der Waals surface area (Å²) in [5, 5.41) is 10.2. The van der Waals surface area contributed by atoms with Crippen LogP contribution in [0.25, 0.3) is 0 Å². The molecule has 3 N–H and O–H groups in total. The summed E-state index contributed by atoms with van der Waals surface area (Å²) in [4.78, 5) is 24.8. The molecule has 0 saturated heterocycles. The molecule has 94 valence electrons. The Kier molecular flexibility index (Phi) is 6.23. The van der Waals surface area contributed by atoms with Gasteiger partial charge in [0.15, 0.2) is 6.61 Å².